The van der Waals surface area contributed by atoms with Crippen LogP contribution in [0.15, 0.2) is 0 Å². The Bertz CT molecular complexity index is 125. The van der Waals surface area contributed by atoms with Gasteiger partial charge in [0.25, 0.3) is 0 Å². The van der Waals surface area contributed by atoms with Crippen LogP contribution in [0.2, 0.25) is 0 Å². The van der Waals surface area contributed by atoms with E-state index >= 15 is 0 Å². The standard InChI is InChI=1S/C5H9BrO.CO2/c1-3-5(7)4(2)6;2-1-3/h4H,3H2,1-2H3;. The molecule has 1 atom stereocenters. The van der Waals surface area contributed by atoms with Crippen LogP contribution >= 0.6 is 15.9 Å². The number of Topliss-reactive ketones (excluding diaryl/α,β-unsaturated/α-hetero) is 1. The highest BCUT2D eigenvalue weighted by Crippen LogP contribution is 2.00. The van der Waals surface area contributed by atoms with Gasteiger partial charge in [-0.1, -0.05) is 22.9 Å². The van der Waals surface area contributed by atoms with Crippen molar-refractivity contribution in [3.8, 4) is 0 Å². The number of rotatable bonds is 2. The summed E-state index contributed by atoms with van der Waals surface area (Å²) in [5.41, 5.74) is 0. The van der Waals surface area contributed by atoms with Crippen molar-refractivity contribution >= 4 is 27.9 Å². The molecule has 0 fully saturated rings. The van der Waals surface area contributed by atoms with Gasteiger partial charge >= 0.3 is 6.15 Å². The fourth-order valence-electron chi connectivity index (χ4n) is 0.281. The summed E-state index contributed by atoms with van der Waals surface area (Å²) in [6.45, 7) is 3.70. The van der Waals surface area contributed by atoms with Gasteiger partial charge in [0.15, 0.2) is 0 Å². The first kappa shape index (κ1) is 12.2. The SMILES string of the molecule is CCC(=O)C(C)Br.O=C=O. The molecule has 0 radical (unpaired) electrons. The summed E-state index contributed by atoms with van der Waals surface area (Å²) < 4.78 is 0. The second kappa shape index (κ2) is 8.53. The minimum atomic E-state index is 0.0394. The van der Waals surface area contributed by atoms with Gasteiger partial charge in [-0.2, -0.15) is 9.59 Å². The van der Waals surface area contributed by atoms with Crippen molar-refractivity contribution in [1.82, 2.24) is 0 Å². The second-order valence-corrected chi connectivity index (χ2v) is 2.89. The Morgan fingerprint density at radius 3 is 1.90 bits per heavy atom. The average Bonchev–Trinajstić information content (AvgIpc) is 1.88. The molecule has 0 aliphatic carbocycles. The fraction of sp³-hybridized carbons (Fsp3) is 0.667. The highest BCUT2D eigenvalue weighted by atomic mass is 79.9. The fourth-order valence-corrected chi connectivity index (χ4v) is 0.605. The molecule has 0 aromatic rings. The third-order valence-corrected chi connectivity index (χ3v) is 1.30. The third-order valence-electron chi connectivity index (χ3n) is 0.792. The van der Waals surface area contributed by atoms with Crippen molar-refractivity contribution in [1.29, 1.82) is 0 Å². The second-order valence-electron chi connectivity index (χ2n) is 1.52. The predicted molar refractivity (Wildman–Crippen MR) is 38.7 cm³/mol. The molecule has 0 saturated carbocycles. The maximum atomic E-state index is 10.5. The average molecular weight is 209 g/mol. The van der Waals surface area contributed by atoms with E-state index in [1.807, 2.05) is 13.8 Å². The molecule has 4 heteroatoms. The van der Waals surface area contributed by atoms with Gasteiger partial charge in [0, 0.05) is 6.42 Å². The van der Waals surface area contributed by atoms with Crippen molar-refractivity contribution in [2.75, 3.05) is 0 Å². The Morgan fingerprint density at radius 2 is 1.90 bits per heavy atom. The Balaban J connectivity index is 0. The first-order chi connectivity index (χ1) is 4.59. The zero-order valence-corrected chi connectivity index (χ0v) is 7.47. The molecule has 58 valence electrons. The Labute approximate surface area is 67.9 Å². The van der Waals surface area contributed by atoms with Gasteiger partial charge in [-0.3, -0.25) is 4.79 Å². The van der Waals surface area contributed by atoms with E-state index in [2.05, 4.69) is 15.9 Å². The van der Waals surface area contributed by atoms with Gasteiger partial charge in [0.1, 0.15) is 5.78 Å². The van der Waals surface area contributed by atoms with Gasteiger partial charge < -0.3 is 0 Å². The van der Waals surface area contributed by atoms with Gasteiger partial charge in [-0.05, 0) is 6.92 Å². The van der Waals surface area contributed by atoms with E-state index in [1.54, 1.807) is 0 Å². The maximum Gasteiger partial charge on any atom is 0.373 e. The third kappa shape index (κ3) is 10.5. The van der Waals surface area contributed by atoms with Crippen molar-refractivity contribution in [2.24, 2.45) is 0 Å². The molecule has 0 aliphatic heterocycles. The molecule has 0 spiro atoms. The normalized spacial score (nSPS) is 10.3. The van der Waals surface area contributed by atoms with E-state index in [9.17, 15) is 4.79 Å². The highest BCUT2D eigenvalue weighted by Gasteiger charge is 2.02. The van der Waals surface area contributed by atoms with Crippen LogP contribution in [0, 0.1) is 0 Å². The van der Waals surface area contributed by atoms with E-state index < -0.39 is 0 Å². The van der Waals surface area contributed by atoms with Crippen molar-refractivity contribution in [2.45, 2.75) is 25.1 Å². The van der Waals surface area contributed by atoms with Crippen LogP contribution in [0.25, 0.3) is 0 Å². The molecule has 0 rings (SSSR count). The monoisotopic (exact) mass is 208 g/mol. The lowest BCUT2D eigenvalue weighted by Gasteiger charge is -1.93. The van der Waals surface area contributed by atoms with Crippen LogP contribution in [0.4, 0.5) is 0 Å². The van der Waals surface area contributed by atoms with E-state index in [0.29, 0.717) is 6.42 Å². The molecule has 0 bridgehead atoms. The van der Waals surface area contributed by atoms with E-state index in [1.165, 1.54) is 0 Å². The summed E-state index contributed by atoms with van der Waals surface area (Å²) in [5.74, 6) is 0.264. The first-order valence-electron chi connectivity index (χ1n) is 2.76. The summed E-state index contributed by atoms with van der Waals surface area (Å²) in [5, 5.41) is 0. The number of hydrogen-bond donors (Lipinski definition) is 0. The summed E-state index contributed by atoms with van der Waals surface area (Å²) in [4.78, 5) is 26.8. The number of carbonyl (C=O) groups excluding carboxylic acids is 3. The van der Waals surface area contributed by atoms with E-state index in [-0.39, 0.29) is 16.8 Å². The number of ketones is 1. The van der Waals surface area contributed by atoms with E-state index in [4.69, 9.17) is 9.59 Å². The number of hydrogen-bond acceptors (Lipinski definition) is 3. The molecule has 10 heavy (non-hydrogen) atoms. The van der Waals surface area contributed by atoms with Gasteiger partial charge in [-0.15, -0.1) is 0 Å². The van der Waals surface area contributed by atoms with Crippen LogP contribution in [-0.4, -0.2) is 16.8 Å². The Kier molecular flexibility index (Phi) is 10.4. The molecule has 0 aliphatic rings. The maximum absolute atomic E-state index is 10.5. The zero-order valence-electron chi connectivity index (χ0n) is 5.89. The molecule has 3 nitrogen and oxygen atoms in total. The van der Waals surface area contributed by atoms with Gasteiger partial charge in [0.2, 0.25) is 0 Å². The van der Waals surface area contributed by atoms with Gasteiger partial charge in [-0.25, -0.2) is 0 Å². The smallest absolute Gasteiger partial charge is 0.298 e. The summed E-state index contributed by atoms with van der Waals surface area (Å²) in [7, 11) is 0. The number of carbonyl (C=O) groups is 1. The molecule has 0 aromatic carbocycles. The summed E-state index contributed by atoms with van der Waals surface area (Å²) >= 11 is 3.15. The first-order valence-corrected chi connectivity index (χ1v) is 3.67. The van der Waals surface area contributed by atoms with Crippen LogP contribution in [0.3, 0.4) is 0 Å². The minimum Gasteiger partial charge on any atom is -0.298 e. The minimum absolute atomic E-state index is 0.0394. The van der Waals surface area contributed by atoms with Crippen molar-refractivity contribution in [3.05, 3.63) is 0 Å². The molecular weight excluding hydrogens is 200 g/mol. The molecule has 0 aromatic heterocycles. The van der Waals surface area contributed by atoms with Crippen molar-refractivity contribution < 1.29 is 14.4 Å². The summed E-state index contributed by atoms with van der Waals surface area (Å²) in [6, 6.07) is 0. The van der Waals surface area contributed by atoms with Gasteiger partial charge in [0.05, 0.1) is 4.83 Å². The molecule has 1 unspecified atom stereocenters. The van der Waals surface area contributed by atoms with Crippen molar-refractivity contribution in [3.63, 3.8) is 0 Å². The Hall–Kier alpha value is -0.470. The molecule has 0 N–H and O–H groups in total. The molecule has 0 saturated heterocycles. The molecular formula is C6H9BrO3. The van der Waals surface area contributed by atoms with Crippen LogP contribution in [0.5, 0.6) is 0 Å². The molecule has 0 amide bonds. The Morgan fingerprint density at radius 1 is 1.60 bits per heavy atom. The molecule has 0 heterocycles. The number of halogens is 1. The van der Waals surface area contributed by atoms with Crippen LogP contribution < -0.4 is 0 Å². The summed E-state index contributed by atoms with van der Waals surface area (Å²) in [6.07, 6.45) is 0.881. The predicted octanol–water partition coefficient (Wildman–Crippen LogP) is 1.17. The number of alkyl halides is 1. The lowest BCUT2D eigenvalue weighted by atomic mass is 10.2. The van der Waals surface area contributed by atoms with E-state index in [0.717, 1.165) is 0 Å². The van der Waals surface area contributed by atoms with Crippen LogP contribution in [0.1, 0.15) is 20.3 Å². The largest absolute Gasteiger partial charge is 0.373 e. The quantitative estimate of drug-likeness (QED) is 0.641. The topological polar surface area (TPSA) is 51.2 Å². The lowest BCUT2D eigenvalue weighted by Crippen LogP contribution is -2.06. The lowest BCUT2D eigenvalue weighted by molar-refractivity contribution is -0.191. The zero-order chi connectivity index (χ0) is 8.57. The highest BCUT2D eigenvalue weighted by molar-refractivity contribution is 9.10. The van der Waals surface area contributed by atoms with Crippen LogP contribution in [-0.2, 0) is 14.4 Å².